The first kappa shape index (κ1) is 14.2. The highest BCUT2D eigenvalue weighted by atomic mass is 16.5. The van der Waals surface area contributed by atoms with E-state index in [0.717, 1.165) is 37.6 Å². The second-order valence-electron chi connectivity index (χ2n) is 5.35. The lowest BCUT2D eigenvalue weighted by atomic mass is 10.2. The molecule has 0 bridgehead atoms. The number of aliphatic hydroxyl groups excluding tert-OH is 1. The summed E-state index contributed by atoms with van der Waals surface area (Å²) in [5.41, 5.74) is 1.65. The Hall–Kier alpha value is -1.20. The number of aliphatic hydroxyl groups is 1. The van der Waals surface area contributed by atoms with E-state index in [1.54, 1.807) is 0 Å². The Labute approximate surface area is 114 Å². The molecule has 1 aromatic heterocycles. The van der Waals surface area contributed by atoms with Crippen molar-refractivity contribution in [1.82, 2.24) is 9.97 Å². The summed E-state index contributed by atoms with van der Waals surface area (Å²) >= 11 is 0. The molecule has 1 saturated heterocycles. The van der Waals surface area contributed by atoms with E-state index in [1.807, 2.05) is 6.20 Å². The van der Waals surface area contributed by atoms with Crippen molar-refractivity contribution in [2.45, 2.75) is 45.8 Å². The quantitative estimate of drug-likeness (QED) is 0.901. The number of nitrogens with zero attached hydrogens (tertiary/aromatic N) is 3. The van der Waals surface area contributed by atoms with Crippen molar-refractivity contribution < 1.29 is 9.84 Å². The van der Waals surface area contributed by atoms with Crippen LogP contribution in [0.25, 0.3) is 0 Å². The van der Waals surface area contributed by atoms with Crippen LogP contribution in [-0.2, 0) is 11.3 Å². The number of anilines is 1. The van der Waals surface area contributed by atoms with Gasteiger partial charge in [0.25, 0.3) is 0 Å². The summed E-state index contributed by atoms with van der Waals surface area (Å²) in [6, 6.07) is 0. The molecule has 2 rings (SSSR count). The Morgan fingerprint density at radius 2 is 2.32 bits per heavy atom. The van der Waals surface area contributed by atoms with Crippen molar-refractivity contribution in [2.24, 2.45) is 0 Å². The van der Waals surface area contributed by atoms with E-state index in [1.165, 1.54) is 0 Å². The Balaban J connectivity index is 2.27. The van der Waals surface area contributed by atoms with Gasteiger partial charge in [-0.25, -0.2) is 9.97 Å². The Kier molecular flexibility index (Phi) is 4.71. The van der Waals surface area contributed by atoms with Gasteiger partial charge >= 0.3 is 0 Å². The van der Waals surface area contributed by atoms with Gasteiger partial charge in [-0.3, -0.25) is 0 Å². The molecule has 0 spiro atoms. The summed E-state index contributed by atoms with van der Waals surface area (Å²) in [6.45, 7) is 8.65. The Bertz CT molecular complexity index is 423. The first-order valence-corrected chi connectivity index (χ1v) is 6.95. The van der Waals surface area contributed by atoms with E-state index in [2.05, 4.69) is 35.6 Å². The molecule has 1 fully saturated rings. The molecule has 1 unspecified atom stereocenters. The maximum atomic E-state index is 9.54. The third-order valence-electron chi connectivity index (χ3n) is 3.32. The van der Waals surface area contributed by atoms with Crippen molar-refractivity contribution in [3.8, 4) is 0 Å². The SMILES string of the molecule is CC1CN(c2cnc(C(C)C)nc2CO)CCCO1. The first-order valence-electron chi connectivity index (χ1n) is 6.95. The van der Waals surface area contributed by atoms with Gasteiger partial charge in [-0.15, -0.1) is 0 Å². The van der Waals surface area contributed by atoms with Crippen LogP contribution < -0.4 is 4.90 Å². The zero-order valence-corrected chi connectivity index (χ0v) is 12.0. The third-order valence-corrected chi connectivity index (χ3v) is 3.32. The summed E-state index contributed by atoms with van der Waals surface area (Å²) in [6.07, 6.45) is 3.02. The maximum absolute atomic E-state index is 9.54. The van der Waals surface area contributed by atoms with Gasteiger partial charge in [0.2, 0.25) is 0 Å². The zero-order valence-electron chi connectivity index (χ0n) is 12.0. The van der Waals surface area contributed by atoms with Gasteiger partial charge in [0.05, 0.1) is 30.3 Å². The number of hydrogen-bond acceptors (Lipinski definition) is 5. The van der Waals surface area contributed by atoms with Gasteiger partial charge in [-0.1, -0.05) is 13.8 Å². The number of hydrogen-bond donors (Lipinski definition) is 1. The zero-order chi connectivity index (χ0) is 13.8. The number of aromatic nitrogens is 2. The fraction of sp³-hybridized carbons (Fsp3) is 0.714. The van der Waals surface area contributed by atoms with E-state index in [0.29, 0.717) is 5.69 Å². The highest BCUT2D eigenvalue weighted by Crippen LogP contribution is 2.22. The average molecular weight is 265 g/mol. The minimum atomic E-state index is -0.0523. The minimum absolute atomic E-state index is 0.0523. The fourth-order valence-electron chi connectivity index (χ4n) is 2.30. The second-order valence-corrected chi connectivity index (χ2v) is 5.35. The van der Waals surface area contributed by atoms with Crippen LogP contribution >= 0.6 is 0 Å². The largest absolute Gasteiger partial charge is 0.390 e. The number of rotatable bonds is 3. The summed E-state index contributed by atoms with van der Waals surface area (Å²) in [5.74, 6) is 1.05. The van der Waals surface area contributed by atoms with Crippen LogP contribution in [0.4, 0.5) is 5.69 Å². The summed E-state index contributed by atoms with van der Waals surface area (Å²) in [7, 11) is 0. The fourth-order valence-corrected chi connectivity index (χ4v) is 2.30. The summed E-state index contributed by atoms with van der Waals surface area (Å²) in [5, 5.41) is 9.54. The molecule has 0 aliphatic carbocycles. The van der Waals surface area contributed by atoms with Crippen LogP contribution in [0.5, 0.6) is 0 Å². The lowest BCUT2D eigenvalue weighted by Crippen LogP contribution is -2.31. The molecule has 5 heteroatoms. The highest BCUT2D eigenvalue weighted by Gasteiger charge is 2.19. The topological polar surface area (TPSA) is 58.5 Å². The predicted molar refractivity (Wildman–Crippen MR) is 74.3 cm³/mol. The normalized spacial score (nSPS) is 20.7. The molecule has 1 aromatic rings. The highest BCUT2D eigenvalue weighted by molar-refractivity contribution is 5.49. The molecule has 1 N–H and O–H groups in total. The summed E-state index contributed by atoms with van der Waals surface area (Å²) in [4.78, 5) is 11.1. The lowest BCUT2D eigenvalue weighted by Gasteiger charge is -2.25. The molecule has 1 aliphatic heterocycles. The van der Waals surface area contributed by atoms with Crippen molar-refractivity contribution in [3.63, 3.8) is 0 Å². The van der Waals surface area contributed by atoms with E-state index in [-0.39, 0.29) is 18.6 Å². The lowest BCUT2D eigenvalue weighted by molar-refractivity contribution is 0.0820. The molecule has 0 aromatic carbocycles. The van der Waals surface area contributed by atoms with E-state index in [9.17, 15) is 5.11 Å². The molecule has 0 saturated carbocycles. The molecule has 1 aliphatic rings. The molecule has 2 heterocycles. The van der Waals surface area contributed by atoms with Crippen LogP contribution in [0.2, 0.25) is 0 Å². The van der Waals surface area contributed by atoms with Crippen molar-refractivity contribution in [1.29, 1.82) is 0 Å². The Morgan fingerprint density at radius 3 is 3.00 bits per heavy atom. The minimum Gasteiger partial charge on any atom is -0.390 e. The van der Waals surface area contributed by atoms with Crippen molar-refractivity contribution >= 4 is 5.69 Å². The van der Waals surface area contributed by atoms with E-state index in [4.69, 9.17) is 4.74 Å². The van der Waals surface area contributed by atoms with Crippen LogP contribution in [0, 0.1) is 0 Å². The van der Waals surface area contributed by atoms with Crippen LogP contribution in [0.1, 0.15) is 44.6 Å². The molecule has 106 valence electrons. The maximum Gasteiger partial charge on any atom is 0.131 e. The molecular formula is C14H23N3O2. The monoisotopic (exact) mass is 265 g/mol. The standard InChI is InChI=1S/C14H23N3O2/c1-10(2)14-15-7-13(12(9-18)16-14)17-5-4-6-19-11(3)8-17/h7,10-11,18H,4-6,8-9H2,1-3H3. The smallest absolute Gasteiger partial charge is 0.131 e. The van der Waals surface area contributed by atoms with Gasteiger partial charge in [0.1, 0.15) is 5.82 Å². The number of ether oxygens (including phenoxy) is 1. The van der Waals surface area contributed by atoms with Crippen LogP contribution in [-0.4, -0.2) is 40.9 Å². The molecule has 0 amide bonds. The molecule has 0 radical (unpaired) electrons. The van der Waals surface area contributed by atoms with Gasteiger partial charge < -0.3 is 14.7 Å². The van der Waals surface area contributed by atoms with Gasteiger partial charge in [-0.2, -0.15) is 0 Å². The molecule has 19 heavy (non-hydrogen) atoms. The van der Waals surface area contributed by atoms with E-state index >= 15 is 0 Å². The first-order chi connectivity index (χ1) is 9.11. The predicted octanol–water partition coefficient (Wildman–Crippen LogP) is 1.71. The van der Waals surface area contributed by atoms with Crippen molar-refractivity contribution in [2.75, 3.05) is 24.6 Å². The average Bonchev–Trinajstić information content (AvgIpc) is 2.62. The summed E-state index contributed by atoms with van der Waals surface area (Å²) < 4.78 is 5.65. The molecule has 5 nitrogen and oxygen atoms in total. The van der Waals surface area contributed by atoms with Gasteiger partial charge in [0.15, 0.2) is 0 Å². The van der Waals surface area contributed by atoms with Crippen LogP contribution in [0.15, 0.2) is 6.20 Å². The van der Waals surface area contributed by atoms with Gasteiger partial charge in [-0.05, 0) is 13.3 Å². The van der Waals surface area contributed by atoms with Gasteiger partial charge in [0, 0.05) is 25.6 Å². The van der Waals surface area contributed by atoms with E-state index < -0.39 is 0 Å². The molecule has 1 atom stereocenters. The molecular weight excluding hydrogens is 242 g/mol. The third kappa shape index (κ3) is 3.42. The second kappa shape index (κ2) is 6.30. The Morgan fingerprint density at radius 1 is 1.53 bits per heavy atom. The van der Waals surface area contributed by atoms with Crippen molar-refractivity contribution in [3.05, 3.63) is 17.7 Å². The van der Waals surface area contributed by atoms with Crippen LogP contribution in [0.3, 0.4) is 0 Å².